The Morgan fingerprint density at radius 2 is 1.62 bits per heavy atom. The molecule has 1 saturated heterocycles. The molecule has 26 heavy (non-hydrogen) atoms. The van der Waals surface area contributed by atoms with Crippen LogP contribution in [-0.2, 0) is 6.54 Å². The maximum Gasteiger partial charge on any atom is 0.123 e. The van der Waals surface area contributed by atoms with Crippen LogP contribution < -0.4 is 4.90 Å². The first-order chi connectivity index (χ1) is 12.8. The molecule has 2 aromatic carbocycles. The zero-order chi connectivity index (χ0) is 17.8. The molecular formula is C21H23FN4. The number of anilines is 1. The van der Waals surface area contributed by atoms with E-state index in [1.165, 1.54) is 5.56 Å². The number of imidazole rings is 1. The van der Waals surface area contributed by atoms with Crippen LogP contribution in [0, 0.1) is 5.82 Å². The van der Waals surface area contributed by atoms with E-state index in [0.29, 0.717) is 0 Å². The van der Waals surface area contributed by atoms with Crippen molar-refractivity contribution in [1.82, 2.24) is 14.5 Å². The summed E-state index contributed by atoms with van der Waals surface area (Å²) in [5.74, 6) is -0.177. The van der Waals surface area contributed by atoms with Gasteiger partial charge in [0.1, 0.15) is 5.82 Å². The van der Waals surface area contributed by atoms with Crippen molar-refractivity contribution in [3.05, 3.63) is 78.6 Å². The maximum absolute atomic E-state index is 13.1. The summed E-state index contributed by atoms with van der Waals surface area (Å²) in [6.07, 6.45) is 6.67. The van der Waals surface area contributed by atoms with Gasteiger partial charge in [-0.25, -0.2) is 9.37 Å². The van der Waals surface area contributed by atoms with Crippen LogP contribution in [-0.4, -0.2) is 40.6 Å². The Morgan fingerprint density at radius 3 is 2.35 bits per heavy atom. The molecule has 5 heteroatoms. The van der Waals surface area contributed by atoms with Gasteiger partial charge < -0.3 is 9.47 Å². The van der Waals surface area contributed by atoms with Gasteiger partial charge in [-0.1, -0.05) is 12.1 Å². The lowest BCUT2D eigenvalue weighted by molar-refractivity contribution is 0.285. The molecule has 0 saturated carbocycles. The van der Waals surface area contributed by atoms with Gasteiger partial charge in [-0.3, -0.25) is 4.90 Å². The van der Waals surface area contributed by atoms with Gasteiger partial charge in [0.05, 0.1) is 6.33 Å². The third kappa shape index (κ3) is 3.94. The summed E-state index contributed by atoms with van der Waals surface area (Å²) >= 11 is 0. The Bertz CT molecular complexity index is 812. The van der Waals surface area contributed by atoms with Crippen molar-refractivity contribution in [3.63, 3.8) is 0 Å². The molecular weight excluding hydrogens is 327 g/mol. The van der Waals surface area contributed by atoms with Gasteiger partial charge in [0.2, 0.25) is 0 Å². The SMILES string of the molecule is Fc1ccc(N2CCCN(Cc3ccc(-n4ccnc4)cc3)CC2)cc1. The number of benzene rings is 2. The molecule has 0 atom stereocenters. The van der Waals surface area contributed by atoms with Crippen molar-refractivity contribution in [2.75, 3.05) is 31.1 Å². The first-order valence-corrected chi connectivity index (χ1v) is 9.08. The number of rotatable bonds is 4. The van der Waals surface area contributed by atoms with Gasteiger partial charge >= 0.3 is 0 Å². The van der Waals surface area contributed by atoms with Crippen LogP contribution >= 0.6 is 0 Å². The molecule has 1 aliphatic heterocycles. The lowest BCUT2D eigenvalue weighted by Crippen LogP contribution is -2.30. The fourth-order valence-electron chi connectivity index (χ4n) is 3.48. The predicted octanol–water partition coefficient (Wildman–Crippen LogP) is 3.72. The van der Waals surface area contributed by atoms with Crippen LogP contribution in [0.5, 0.6) is 0 Å². The zero-order valence-electron chi connectivity index (χ0n) is 14.8. The van der Waals surface area contributed by atoms with E-state index in [2.05, 4.69) is 39.0 Å². The minimum atomic E-state index is -0.177. The van der Waals surface area contributed by atoms with E-state index in [1.807, 2.05) is 29.2 Å². The molecule has 3 aromatic rings. The Balaban J connectivity index is 1.36. The molecule has 0 aliphatic carbocycles. The van der Waals surface area contributed by atoms with Crippen molar-refractivity contribution in [2.24, 2.45) is 0 Å². The molecule has 1 aliphatic rings. The van der Waals surface area contributed by atoms with Crippen LogP contribution in [0.4, 0.5) is 10.1 Å². The molecule has 4 nitrogen and oxygen atoms in total. The molecule has 0 bridgehead atoms. The highest BCUT2D eigenvalue weighted by atomic mass is 19.1. The normalized spacial score (nSPS) is 15.8. The molecule has 134 valence electrons. The number of nitrogens with zero attached hydrogens (tertiary/aromatic N) is 4. The van der Waals surface area contributed by atoms with E-state index in [0.717, 1.165) is 50.5 Å². The molecule has 1 aromatic heterocycles. The summed E-state index contributed by atoms with van der Waals surface area (Å²) in [6.45, 7) is 5.05. The summed E-state index contributed by atoms with van der Waals surface area (Å²) in [5.41, 5.74) is 3.56. The lowest BCUT2D eigenvalue weighted by Gasteiger charge is -2.23. The maximum atomic E-state index is 13.1. The van der Waals surface area contributed by atoms with Crippen LogP contribution in [0.15, 0.2) is 67.3 Å². The van der Waals surface area contributed by atoms with Gasteiger partial charge in [-0.2, -0.15) is 0 Å². The van der Waals surface area contributed by atoms with Crippen molar-refractivity contribution in [2.45, 2.75) is 13.0 Å². The second kappa shape index (κ2) is 7.70. The number of aromatic nitrogens is 2. The van der Waals surface area contributed by atoms with Crippen molar-refractivity contribution < 1.29 is 4.39 Å². The second-order valence-electron chi connectivity index (χ2n) is 6.73. The predicted molar refractivity (Wildman–Crippen MR) is 102 cm³/mol. The molecule has 0 unspecified atom stereocenters. The highest BCUT2D eigenvalue weighted by molar-refractivity contribution is 5.46. The van der Waals surface area contributed by atoms with Crippen LogP contribution in [0.2, 0.25) is 0 Å². The number of hydrogen-bond donors (Lipinski definition) is 0. The Hall–Kier alpha value is -2.66. The summed E-state index contributed by atoms with van der Waals surface area (Å²) < 4.78 is 15.1. The molecule has 1 fully saturated rings. The van der Waals surface area contributed by atoms with Crippen molar-refractivity contribution in [1.29, 1.82) is 0 Å². The minimum absolute atomic E-state index is 0.177. The Morgan fingerprint density at radius 1 is 0.846 bits per heavy atom. The van der Waals surface area contributed by atoms with E-state index in [1.54, 1.807) is 18.3 Å². The molecule has 2 heterocycles. The number of hydrogen-bond acceptors (Lipinski definition) is 3. The van der Waals surface area contributed by atoms with E-state index >= 15 is 0 Å². The summed E-state index contributed by atoms with van der Waals surface area (Å²) in [5, 5.41) is 0. The fraction of sp³-hybridized carbons (Fsp3) is 0.286. The lowest BCUT2D eigenvalue weighted by atomic mass is 10.2. The highest BCUT2D eigenvalue weighted by Crippen LogP contribution is 2.18. The van der Waals surface area contributed by atoms with Crippen molar-refractivity contribution >= 4 is 5.69 Å². The summed E-state index contributed by atoms with van der Waals surface area (Å²) in [4.78, 5) is 8.94. The average molecular weight is 350 g/mol. The van der Waals surface area contributed by atoms with Crippen LogP contribution in [0.3, 0.4) is 0 Å². The fourth-order valence-corrected chi connectivity index (χ4v) is 3.48. The smallest absolute Gasteiger partial charge is 0.123 e. The van der Waals surface area contributed by atoms with Gasteiger partial charge in [-0.15, -0.1) is 0 Å². The standard InChI is InChI=1S/C21H23FN4/c22-19-4-8-20(9-5-19)25-12-1-11-24(14-15-25)16-18-2-6-21(7-3-18)26-13-10-23-17-26/h2-10,13,17H,1,11-12,14-16H2. The molecule has 0 amide bonds. The zero-order valence-corrected chi connectivity index (χ0v) is 14.8. The van der Waals surface area contributed by atoms with Gasteiger partial charge in [-0.05, 0) is 48.4 Å². The Kier molecular flexibility index (Phi) is 4.97. The molecule has 0 N–H and O–H groups in total. The third-order valence-electron chi connectivity index (χ3n) is 4.93. The molecule has 0 spiro atoms. The first-order valence-electron chi connectivity index (χ1n) is 9.08. The average Bonchev–Trinajstić information content (AvgIpc) is 3.11. The number of halogens is 1. The van der Waals surface area contributed by atoms with Crippen molar-refractivity contribution in [3.8, 4) is 5.69 Å². The highest BCUT2D eigenvalue weighted by Gasteiger charge is 2.15. The quantitative estimate of drug-likeness (QED) is 0.717. The van der Waals surface area contributed by atoms with E-state index in [-0.39, 0.29) is 5.82 Å². The van der Waals surface area contributed by atoms with Gasteiger partial charge in [0.25, 0.3) is 0 Å². The van der Waals surface area contributed by atoms with Crippen LogP contribution in [0.1, 0.15) is 12.0 Å². The first kappa shape index (κ1) is 16.8. The molecule has 0 radical (unpaired) electrons. The monoisotopic (exact) mass is 350 g/mol. The van der Waals surface area contributed by atoms with E-state index in [9.17, 15) is 4.39 Å². The summed E-state index contributed by atoms with van der Waals surface area (Å²) in [6, 6.07) is 15.5. The van der Waals surface area contributed by atoms with Gasteiger partial charge in [0.15, 0.2) is 0 Å². The second-order valence-corrected chi connectivity index (χ2v) is 6.73. The third-order valence-corrected chi connectivity index (χ3v) is 4.93. The summed E-state index contributed by atoms with van der Waals surface area (Å²) in [7, 11) is 0. The minimum Gasteiger partial charge on any atom is -0.370 e. The van der Waals surface area contributed by atoms with E-state index in [4.69, 9.17) is 0 Å². The Labute approximate surface area is 153 Å². The largest absolute Gasteiger partial charge is 0.370 e. The van der Waals surface area contributed by atoms with E-state index < -0.39 is 0 Å². The van der Waals surface area contributed by atoms with Gasteiger partial charge in [0, 0.05) is 56.5 Å². The molecule has 4 rings (SSSR count). The van der Waals surface area contributed by atoms with Crippen LogP contribution in [0.25, 0.3) is 5.69 Å². The topological polar surface area (TPSA) is 24.3 Å².